The molecule has 0 spiro atoms. The van der Waals surface area contributed by atoms with E-state index in [2.05, 4.69) is 40.1 Å². The molecule has 2 aliphatic heterocycles. The molecule has 0 bridgehead atoms. The Morgan fingerprint density at radius 1 is 0.947 bits per heavy atom. The fourth-order valence-corrected chi connectivity index (χ4v) is 4.57. The van der Waals surface area contributed by atoms with E-state index in [1.54, 1.807) is 30.3 Å². The van der Waals surface area contributed by atoms with Gasteiger partial charge in [0, 0.05) is 43.3 Å². The lowest BCUT2D eigenvalue weighted by atomic mass is 10.0. The molecule has 4 amide bonds. The van der Waals surface area contributed by atoms with Crippen molar-refractivity contribution in [1.82, 2.24) is 15.5 Å². The number of nitrogen functional groups attached to an aromatic ring is 1. The highest BCUT2D eigenvalue weighted by atomic mass is 16.2. The second kappa shape index (κ2) is 11.5. The molecule has 0 aromatic heterocycles. The number of likely N-dealkylation sites (tertiary alicyclic amines) is 1. The smallest absolute Gasteiger partial charge is 0.292 e. The molecule has 0 aliphatic carbocycles. The average molecular weight is 522 g/mol. The maximum absolute atomic E-state index is 12.8. The van der Waals surface area contributed by atoms with Gasteiger partial charge in [-0.25, -0.2) is 10.9 Å². The molecule has 2 aromatic rings. The van der Waals surface area contributed by atoms with E-state index in [1.165, 1.54) is 24.5 Å². The monoisotopic (exact) mass is 521 g/mol. The van der Waals surface area contributed by atoms with Gasteiger partial charge in [-0.15, -0.1) is 0 Å². The zero-order valence-corrected chi connectivity index (χ0v) is 21.7. The number of piperidine rings is 1. The summed E-state index contributed by atoms with van der Waals surface area (Å²) in [4.78, 5) is 63.6. The van der Waals surface area contributed by atoms with Gasteiger partial charge in [-0.05, 0) is 69.2 Å². The molecule has 1 saturated heterocycles. The van der Waals surface area contributed by atoms with E-state index in [0.717, 1.165) is 25.9 Å². The normalized spacial score (nSPS) is 16.5. The zero-order valence-electron chi connectivity index (χ0n) is 21.7. The molecule has 2 aliphatic rings. The number of nitrogens with two attached hydrogens (primary N) is 1. The Kier molecular flexibility index (Phi) is 8.18. The van der Waals surface area contributed by atoms with Gasteiger partial charge >= 0.3 is 0 Å². The fourth-order valence-electron chi connectivity index (χ4n) is 4.57. The quantitative estimate of drug-likeness (QED) is 0.141. The first-order valence-electron chi connectivity index (χ1n) is 12.7. The van der Waals surface area contributed by atoms with E-state index in [1.807, 2.05) is 0 Å². The van der Waals surface area contributed by atoms with Crippen LogP contribution in [-0.4, -0.2) is 65.5 Å². The number of fused-ring (bicyclic) bond motifs is 1. The minimum absolute atomic E-state index is 0.136. The number of hydrogen-bond donors (Lipinski definition) is 5. The van der Waals surface area contributed by atoms with Crippen molar-refractivity contribution in [2.45, 2.75) is 51.7 Å². The van der Waals surface area contributed by atoms with Gasteiger partial charge in [-0.2, -0.15) is 0 Å². The van der Waals surface area contributed by atoms with Crippen LogP contribution in [0.5, 0.6) is 0 Å². The second-order valence-electron chi connectivity index (χ2n) is 9.89. The van der Waals surface area contributed by atoms with Crippen molar-refractivity contribution >= 4 is 40.8 Å². The summed E-state index contributed by atoms with van der Waals surface area (Å²) < 4.78 is 0. The van der Waals surface area contributed by atoms with Crippen LogP contribution in [0.3, 0.4) is 0 Å². The number of nitrogens with one attached hydrogen (secondary N) is 4. The highest BCUT2D eigenvalue weighted by molar-refractivity contribution is 6.21. The summed E-state index contributed by atoms with van der Waals surface area (Å²) in [5.74, 6) is -2.05. The van der Waals surface area contributed by atoms with Gasteiger partial charge in [0.05, 0.1) is 16.8 Å². The molecular weight excluding hydrogens is 488 g/mol. The van der Waals surface area contributed by atoms with Crippen molar-refractivity contribution in [1.29, 1.82) is 0 Å². The third-order valence-electron chi connectivity index (χ3n) is 6.88. The lowest BCUT2D eigenvalue weighted by molar-refractivity contribution is -0.635. The van der Waals surface area contributed by atoms with Gasteiger partial charge in [0.2, 0.25) is 6.04 Å². The zero-order chi connectivity index (χ0) is 27.4. The fraction of sp³-hybridized carbons (Fsp3) is 0.370. The summed E-state index contributed by atoms with van der Waals surface area (Å²) in [6.45, 7) is 7.56. The molecule has 1 unspecified atom stereocenters. The Morgan fingerprint density at radius 3 is 2.21 bits per heavy atom. The molecule has 0 radical (unpaired) electrons. The Bertz CT molecular complexity index is 1250. The second-order valence-corrected chi connectivity index (χ2v) is 9.89. The molecule has 38 heavy (non-hydrogen) atoms. The van der Waals surface area contributed by atoms with Crippen LogP contribution in [0.2, 0.25) is 0 Å². The summed E-state index contributed by atoms with van der Waals surface area (Å²) in [6.07, 6.45) is 1.82. The first-order chi connectivity index (χ1) is 18.1. The van der Waals surface area contributed by atoms with Crippen molar-refractivity contribution in [2.75, 3.05) is 23.8 Å². The molecule has 1 atom stereocenters. The van der Waals surface area contributed by atoms with Crippen LogP contribution in [0.15, 0.2) is 42.5 Å². The van der Waals surface area contributed by atoms with Crippen molar-refractivity contribution in [3.05, 3.63) is 59.2 Å². The first-order valence-corrected chi connectivity index (χ1v) is 12.7. The lowest BCUT2D eigenvalue weighted by Crippen LogP contribution is -2.97. The summed E-state index contributed by atoms with van der Waals surface area (Å²) >= 11 is 0. The number of benzene rings is 2. The highest BCUT2D eigenvalue weighted by Crippen LogP contribution is 2.19. The number of hydrogen-bond acceptors (Lipinski definition) is 7. The molecule has 200 valence electrons. The van der Waals surface area contributed by atoms with Crippen LogP contribution in [0.25, 0.3) is 0 Å². The number of carbonyl (C=O) groups is 5. The van der Waals surface area contributed by atoms with Gasteiger partial charge in [0.25, 0.3) is 23.6 Å². The van der Waals surface area contributed by atoms with Crippen LogP contribution < -0.4 is 26.8 Å². The van der Waals surface area contributed by atoms with E-state index >= 15 is 0 Å². The Morgan fingerprint density at radius 2 is 1.58 bits per heavy atom. The molecule has 2 heterocycles. The van der Waals surface area contributed by atoms with Crippen molar-refractivity contribution < 1.29 is 29.4 Å². The van der Waals surface area contributed by atoms with E-state index in [9.17, 15) is 24.0 Å². The molecule has 1 fully saturated rings. The van der Waals surface area contributed by atoms with Gasteiger partial charge in [-0.3, -0.25) is 29.3 Å². The number of quaternary nitrogens is 1. The average Bonchev–Trinajstić information content (AvgIpc) is 3.17. The minimum Gasteiger partial charge on any atom is -0.349 e. The van der Waals surface area contributed by atoms with E-state index in [-0.39, 0.29) is 28.9 Å². The van der Waals surface area contributed by atoms with Gasteiger partial charge in [-0.1, -0.05) is 0 Å². The van der Waals surface area contributed by atoms with E-state index in [4.69, 9.17) is 0 Å². The summed E-state index contributed by atoms with van der Waals surface area (Å²) in [5, 5.41) is 8.00. The summed E-state index contributed by atoms with van der Waals surface area (Å²) in [7, 11) is 0. The summed E-state index contributed by atoms with van der Waals surface area (Å²) in [5.41, 5.74) is 6.10. The van der Waals surface area contributed by atoms with Gasteiger partial charge < -0.3 is 15.5 Å². The molecule has 0 saturated carbocycles. The van der Waals surface area contributed by atoms with Crippen molar-refractivity contribution in [3.8, 4) is 0 Å². The number of carbonyl (C=O) groups excluding carboxylic acids is 5. The molecule has 6 N–H and O–H groups in total. The number of Topliss-reactive ketones (excluding diaryl/α,β-unsaturated/α-hetero) is 1. The molecule has 2 aromatic carbocycles. The van der Waals surface area contributed by atoms with E-state index in [0.29, 0.717) is 23.0 Å². The molecule has 11 heteroatoms. The number of anilines is 2. The maximum atomic E-state index is 12.8. The third kappa shape index (κ3) is 6.24. The van der Waals surface area contributed by atoms with E-state index < -0.39 is 23.8 Å². The number of rotatable bonds is 9. The summed E-state index contributed by atoms with van der Waals surface area (Å²) in [6, 6.07) is 10.6. The Hall–Kier alpha value is -4.09. The maximum Gasteiger partial charge on any atom is 0.292 e. The Labute approximate surface area is 220 Å². The predicted octanol–water partition coefficient (Wildman–Crippen LogP) is 0.659. The van der Waals surface area contributed by atoms with Crippen LogP contribution in [0, 0.1) is 0 Å². The topological polar surface area (TPSA) is 153 Å². The van der Waals surface area contributed by atoms with Crippen LogP contribution in [-0.2, 0) is 9.59 Å². The highest BCUT2D eigenvalue weighted by Gasteiger charge is 2.30. The van der Waals surface area contributed by atoms with Crippen LogP contribution in [0.1, 0.15) is 64.7 Å². The number of ketones is 1. The predicted molar refractivity (Wildman–Crippen MR) is 141 cm³/mol. The third-order valence-corrected chi connectivity index (χ3v) is 6.88. The minimum atomic E-state index is -1.11. The lowest BCUT2D eigenvalue weighted by Gasteiger charge is -2.34. The molecule has 11 nitrogen and oxygen atoms in total. The van der Waals surface area contributed by atoms with Gasteiger partial charge in [0.15, 0.2) is 5.78 Å². The Balaban J connectivity index is 1.31. The largest absolute Gasteiger partial charge is 0.349 e. The molecular formula is C27H33N6O5+. The van der Waals surface area contributed by atoms with Crippen molar-refractivity contribution in [2.24, 2.45) is 0 Å². The SMILES string of the molecule is CC(=O)C([NH2+]Nc1ccc2c(c1)C(=O)NC2=O)C(=O)Nc1ccc(C(=O)NC2CCN(C(C)C)CC2)cc1. The van der Waals surface area contributed by atoms with Crippen LogP contribution in [0.4, 0.5) is 11.4 Å². The number of nitrogens with zero attached hydrogens (tertiary/aromatic N) is 1. The standard InChI is InChI=1S/C27H32N6O5/c1-15(2)33-12-10-19(11-13-33)28-24(35)17-4-6-18(7-5-17)29-27(38)23(16(3)34)32-31-20-8-9-21-22(14-20)26(37)30-25(21)36/h4-9,14-15,19,23,31-32H,10-13H2,1-3H3,(H,28,35)(H,29,38)(H,30,36,37)/p+1. The van der Waals surface area contributed by atoms with Gasteiger partial charge in [0.1, 0.15) is 0 Å². The number of amides is 4. The molecule has 4 rings (SSSR count). The van der Waals surface area contributed by atoms with Crippen molar-refractivity contribution in [3.63, 3.8) is 0 Å². The number of imide groups is 1. The van der Waals surface area contributed by atoms with Crippen LogP contribution >= 0.6 is 0 Å². The first kappa shape index (κ1) is 27.0.